The molecular formula is C18H16BrN3O4S. The highest BCUT2D eigenvalue weighted by Crippen LogP contribution is 2.35. The molecule has 1 aliphatic heterocycles. The van der Waals surface area contributed by atoms with Crippen LogP contribution in [-0.2, 0) is 9.59 Å². The first kappa shape index (κ1) is 19.2. The number of rotatable bonds is 4. The van der Waals surface area contributed by atoms with E-state index in [-0.39, 0.29) is 17.8 Å². The van der Waals surface area contributed by atoms with Crippen molar-refractivity contribution in [3.05, 3.63) is 52.5 Å². The molecule has 0 bridgehead atoms. The van der Waals surface area contributed by atoms with E-state index in [0.717, 1.165) is 9.37 Å². The van der Waals surface area contributed by atoms with Crippen molar-refractivity contribution in [2.75, 3.05) is 11.9 Å². The Kier molecular flexibility index (Phi) is 6.02. The first-order valence-electron chi connectivity index (χ1n) is 8.01. The van der Waals surface area contributed by atoms with Gasteiger partial charge < -0.3 is 10.1 Å². The highest BCUT2D eigenvalue weighted by molar-refractivity contribution is 9.10. The van der Waals surface area contributed by atoms with Gasteiger partial charge in [0.25, 0.3) is 11.8 Å². The predicted octanol–water partition coefficient (Wildman–Crippen LogP) is 2.72. The molecule has 7 nitrogen and oxygen atoms in total. The Balaban J connectivity index is 1.52. The van der Waals surface area contributed by atoms with Crippen LogP contribution in [0.2, 0.25) is 0 Å². The van der Waals surface area contributed by atoms with Gasteiger partial charge in [-0.05, 0) is 43.3 Å². The molecule has 1 aliphatic rings. The first-order chi connectivity index (χ1) is 12.9. The summed E-state index contributed by atoms with van der Waals surface area (Å²) in [6.07, 6.45) is 0. The Morgan fingerprint density at radius 2 is 2.04 bits per heavy atom. The monoisotopic (exact) mass is 449 g/mol. The third-order valence-corrected chi connectivity index (χ3v) is 5.32. The maximum absolute atomic E-state index is 12.2. The smallest absolute Gasteiger partial charge is 0.276 e. The molecule has 1 atom stereocenters. The Labute approximate surface area is 168 Å². The zero-order valence-electron chi connectivity index (χ0n) is 14.2. The number of ether oxygens (including phenoxy) is 1. The van der Waals surface area contributed by atoms with Crippen molar-refractivity contribution in [2.45, 2.75) is 17.1 Å². The fourth-order valence-corrected chi connectivity index (χ4v) is 3.60. The fourth-order valence-electron chi connectivity index (χ4n) is 2.29. The maximum Gasteiger partial charge on any atom is 0.276 e. The molecule has 0 aromatic heterocycles. The molecule has 3 rings (SSSR count). The molecule has 9 heteroatoms. The van der Waals surface area contributed by atoms with Crippen molar-refractivity contribution in [1.82, 2.24) is 10.9 Å². The van der Waals surface area contributed by atoms with E-state index in [0.29, 0.717) is 17.0 Å². The summed E-state index contributed by atoms with van der Waals surface area (Å²) in [5.41, 5.74) is 5.52. The SMILES string of the molecule is C[C@H]1Sc2ccc(C(=O)NNC(=O)COc3cccc(Br)c3)cc2NC1=O. The van der Waals surface area contributed by atoms with Crippen molar-refractivity contribution >= 4 is 51.1 Å². The van der Waals surface area contributed by atoms with Gasteiger partial charge in [-0.15, -0.1) is 11.8 Å². The van der Waals surface area contributed by atoms with Crippen LogP contribution in [0.3, 0.4) is 0 Å². The molecule has 0 saturated heterocycles. The van der Waals surface area contributed by atoms with Gasteiger partial charge in [0, 0.05) is 14.9 Å². The second kappa shape index (κ2) is 8.45. The van der Waals surface area contributed by atoms with Crippen LogP contribution < -0.4 is 20.9 Å². The zero-order valence-corrected chi connectivity index (χ0v) is 16.6. The average Bonchev–Trinajstić information content (AvgIpc) is 2.65. The summed E-state index contributed by atoms with van der Waals surface area (Å²) in [4.78, 5) is 36.7. The standard InChI is InChI=1S/C18H16BrN3O4S/c1-10-17(24)20-14-7-11(5-6-15(14)27-10)18(25)22-21-16(23)9-26-13-4-2-3-12(19)8-13/h2-8,10H,9H2,1H3,(H,20,24)(H,21,23)(H,22,25)/t10-/m1/s1. The molecule has 0 fully saturated rings. The third kappa shape index (κ3) is 5.01. The number of hydrogen-bond acceptors (Lipinski definition) is 5. The van der Waals surface area contributed by atoms with Crippen molar-refractivity contribution < 1.29 is 19.1 Å². The van der Waals surface area contributed by atoms with E-state index >= 15 is 0 Å². The molecule has 0 saturated carbocycles. The molecular weight excluding hydrogens is 434 g/mol. The van der Waals surface area contributed by atoms with Gasteiger partial charge in [-0.3, -0.25) is 25.2 Å². The van der Waals surface area contributed by atoms with Crippen molar-refractivity contribution in [2.24, 2.45) is 0 Å². The number of nitrogens with one attached hydrogen (secondary N) is 3. The summed E-state index contributed by atoms with van der Waals surface area (Å²) in [5, 5.41) is 2.58. The van der Waals surface area contributed by atoms with Gasteiger partial charge >= 0.3 is 0 Å². The van der Waals surface area contributed by atoms with Gasteiger partial charge in [0.2, 0.25) is 5.91 Å². The Morgan fingerprint density at radius 3 is 2.81 bits per heavy atom. The Morgan fingerprint density at radius 1 is 1.22 bits per heavy atom. The summed E-state index contributed by atoms with van der Waals surface area (Å²) < 4.78 is 6.17. The lowest BCUT2D eigenvalue weighted by molar-refractivity contribution is -0.123. The number of anilines is 1. The van der Waals surface area contributed by atoms with Crippen LogP contribution in [0.5, 0.6) is 5.75 Å². The normalized spacial score (nSPS) is 15.3. The van der Waals surface area contributed by atoms with Crippen LogP contribution in [0.25, 0.3) is 0 Å². The fraction of sp³-hybridized carbons (Fsp3) is 0.167. The van der Waals surface area contributed by atoms with Gasteiger partial charge in [-0.25, -0.2) is 0 Å². The van der Waals surface area contributed by atoms with Crippen LogP contribution in [-0.4, -0.2) is 29.6 Å². The van der Waals surface area contributed by atoms with Crippen LogP contribution in [0.15, 0.2) is 51.8 Å². The number of halogens is 1. The van der Waals surface area contributed by atoms with Gasteiger partial charge in [0.05, 0.1) is 10.9 Å². The van der Waals surface area contributed by atoms with E-state index in [1.54, 1.807) is 36.4 Å². The number of benzene rings is 2. The summed E-state index contributed by atoms with van der Waals surface area (Å²) in [6, 6.07) is 12.0. The maximum atomic E-state index is 12.2. The summed E-state index contributed by atoms with van der Waals surface area (Å²) >= 11 is 4.74. The summed E-state index contributed by atoms with van der Waals surface area (Å²) in [6.45, 7) is 1.57. The molecule has 140 valence electrons. The minimum Gasteiger partial charge on any atom is -0.484 e. The molecule has 2 aromatic rings. The number of carbonyl (C=O) groups is 3. The third-order valence-electron chi connectivity index (χ3n) is 3.65. The lowest BCUT2D eigenvalue weighted by Crippen LogP contribution is -2.43. The summed E-state index contributed by atoms with van der Waals surface area (Å²) in [7, 11) is 0. The van der Waals surface area contributed by atoms with Crippen molar-refractivity contribution in [3.63, 3.8) is 0 Å². The molecule has 3 amide bonds. The van der Waals surface area contributed by atoms with Crippen LogP contribution >= 0.6 is 27.7 Å². The van der Waals surface area contributed by atoms with Crippen LogP contribution in [0.4, 0.5) is 5.69 Å². The van der Waals surface area contributed by atoms with E-state index < -0.39 is 11.8 Å². The number of hydrazine groups is 1. The lowest BCUT2D eigenvalue weighted by atomic mass is 10.2. The molecule has 0 radical (unpaired) electrons. The minimum atomic E-state index is -0.501. The summed E-state index contributed by atoms with van der Waals surface area (Å²) in [5.74, 6) is -0.573. The molecule has 27 heavy (non-hydrogen) atoms. The number of thioether (sulfide) groups is 1. The quantitative estimate of drug-likeness (QED) is 0.623. The molecule has 0 unspecified atom stereocenters. The number of carbonyl (C=O) groups excluding carboxylic acids is 3. The van der Waals surface area contributed by atoms with E-state index in [1.807, 2.05) is 13.0 Å². The second-order valence-corrected chi connectivity index (χ2v) is 8.01. The highest BCUT2D eigenvalue weighted by atomic mass is 79.9. The Hall–Kier alpha value is -2.52. The predicted molar refractivity (Wildman–Crippen MR) is 106 cm³/mol. The van der Waals surface area contributed by atoms with Crippen molar-refractivity contribution in [3.8, 4) is 5.75 Å². The topological polar surface area (TPSA) is 96.5 Å². The van der Waals surface area contributed by atoms with Crippen LogP contribution in [0.1, 0.15) is 17.3 Å². The van der Waals surface area contributed by atoms with E-state index in [9.17, 15) is 14.4 Å². The molecule has 0 aliphatic carbocycles. The average molecular weight is 450 g/mol. The first-order valence-corrected chi connectivity index (χ1v) is 9.69. The number of fused-ring (bicyclic) bond motifs is 1. The number of amides is 3. The van der Waals surface area contributed by atoms with Crippen molar-refractivity contribution in [1.29, 1.82) is 0 Å². The highest BCUT2D eigenvalue weighted by Gasteiger charge is 2.23. The minimum absolute atomic E-state index is 0.108. The largest absolute Gasteiger partial charge is 0.484 e. The van der Waals surface area contributed by atoms with Gasteiger partial charge in [0.1, 0.15) is 5.75 Å². The van der Waals surface area contributed by atoms with Gasteiger partial charge in [0.15, 0.2) is 6.61 Å². The van der Waals surface area contributed by atoms with E-state index in [1.165, 1.54) is 11.8 Å². The molecule has 2 aromatic carbocycles. The van der Waals surface area contributed by atoms with E-state index in [4.69, 9.17) is 4.74 Å². The Bertz CT molecular complexity index is 906. The van der Waals surface area contributed by atoms with Gasteiger partial charge in [-0.1, -0.05) is 22.0 Å². The van der Waals surface area contributed by atoms with Crippen LogP contribution in [0, 0.1) is 0 Å². The van der Waals surface area contributed by atoms with E-state index in [2.05, 4.69) is 32.1 Å². The molecule has 1 heterocycles. The van der Waals surface area contributed by atoms with Gasteiger partial charge in [-0.2, -0.15) is 0 Å². The molecule has 0 spiro atoms. The molecule has 3 N–H and O–H groups in total. The second-order valence-electron chi connectivity index (χ2n) is 5.71. The zero-order chi connectivity index (χ0) is 19.4. The number of hydrogen-bond donors (Lipinski definition) is 3. The lowest BCUT2D eigenvalue weighted by Gasteiger charge is -2.21.